The third-order valence-corrected chi connectivity index (χ3v) is 4.23. The summed E-state index contributed by atoms with van der Waals surface area (Å²) in [5, 5.41) is 7.92. The molecule has 1 saturated heterocycles. The Morgan fingerprint density at radius 3 is 3.12 bits per heavy atom. The van der Waals surface area contributed by atoms with Gasteiger partial charge in [-0.1, -0.05) is 6.92 Å². The molecular formula is C13H22N2OS. The van der Waals surface area contributed by atoms with Gasteiger partial charge in [-0.05, 0) is 35.4 Å². The van der Waals surface area contributed by atoms with Crippen molar-refractivity contribution >= 4 is 11.3 Å². The summed E-state index contributed by atoms with van der Waals surface area (Å²) in [6, 6.07) is 0. The first-order valence-corrected chi connectivity index (χ1v) is 7.30. The van der Waals surface area contributed by atoms with E-state index in [1.54, 1.807) is 11.3 Å². The Kier molecular flexibility index (Phi) is 4.98. The zero-order chi connectivity index (χ0) is 12.1. The highest BCUT2D eigenvalue weighted by Gasteiger charge is 2.18. The van der Waals surface area contributed by atoms with E-state index >= 15 is 0 Å². The summed E-state index contributed by atoms with van der Waals surface area (Å²) >= 11 is 1.78. The van der Waals surface area contributed by atoms with Gasteiger partial charge in [-0.25, -0.2) is 0 Å². The largest absolute Gasteiger partial charge is 0.374 e. The van der Waals surface area contributed by atoms with Gasteiger partial charge in [0, 0.05) is 26.2 Å². The van der Waals surface area contributed by atoms with Crippen molar-refractivity contribution in [2.75, 3.05) is 32.8 Å². The van der Waals surface area contributed by atoms with Crippen LogP contribution in [0.1, 0.15) is 18.1 Å². The molecule has 2 heterocycles. The van der Waals surface area contributed by atoms with Crippen molar-refractivity contribution in [3.05, 3.63) is 21.9 Å². The van der Waals surface area contributed by atoms with Crippen molar-refractivity contribution in [3.8, 4) is 0 Å². The molecule has 2 rings (SSSR count). The van der Waals surface area contributed by atoms with Gasteiger partial charge in [-0.2, -0.15) is 11.3 Å². The highest BCUT2D eigenvalue weighted by molar-refractivity contribution is 7.08. The number of aryl methyl sites for hydroxylation is 1. The van der Waals surface area contributed by atoms with Crippen LogP contribution in [0.2, 0.25) is 0 Å². The van der Waals surface area contributed by atoms with Crippen LogP contribution >= 0.6 is 11.3 Å². The van der Waals surface area contributed by atoms with Gasteiger partial charge in [0.15, 0.2) is 0 Å². The van der Waals surface area contributed by atoms with E-state index in [4.69, 9.17) is 4.74 Å². The Labute approximate surface area is 108 Å². The highest BCUT2D eigenvalue weighted by Crippen LogP contribution is 2.13. The lowest BCUT2D eigenvalue weighted by atomic mass is 10.2. The van der Waals surface area contributed by atoms with Crippen molar-refractivity contribution in [2.24, 2.45) is 0 Å². The number of rotatable bonds is 5. The molecule has 1 fully saturated rings. The molecule has 1 unspecified atom stereocenters. The minimum atomic E-state index is 0.350. The van der Waals surface area contributed by atoms with Gasteiger partial charge in [-0.3, -0.25) is 4.90 Å². The van der Waals surface area contributed by atoms with Crippen molar-refractivity contribution in [1.82, 2.24) is 10.2 Å². The molecule has 1 aliphatic heterocycles. The topological polar surface area (TPSA) is 24.5 Å². The smallest absolute Gasteiger partial charge is 0.0826 e. The van der Waals surface area contributed by atoms with Crippen molar-refractivity contribution in [3.63, 3.8) is 0 Å². The fourth-order valence-corrected chi connectivity index (χ4v) is 2.98. The van der Waals surface area contributed by atoms with Crippen LogP contribution in [0.3, 0.4) is 0 Å². The van der Waals surface area contributed by atoms with Crippen LogP contribution in [0, 0.1) is 6.92 Å². The fourth-order valence-electron chi connectivity index (χ4n) is 2.13. The van der Waals surface area contributed by atoms with Crippen molar-refractivity contribution < 1.29 is 4.74 Å². The van der Waals surface area contributed by atoms with Gasteiger partial charge in [0.2, 0.25) is 0 Å². The van der Waals surface area contributed by atoms with Crippen LogP contribution in [0.15, 0.2) is 10.8 Å². The summed E-state index contributed by atoms with van der Waals surface area (Å²) in [5.74, 6) is 0. The molecule has 0 spiro atoms. The van der Waals surface area contributed by atoms with Gasteiger partial charge < -0.3 is 10.1 Å². The first kappa shape index (κ1) is 13.0. The van der Waals surface area contributed by atoms with E-state index in [0.29, 0.717) is 6.10 Å². The predicted octanol–water partition coefficient (Wildman–Crippen LogP) is 1.87. The molecule has 96 valence electrons. The molecule has 1 aromatic rings. The lowest BCUT2D eigenvalue weighted by Gasteiger charge is -2.32. The Hall–Kier alpha value is -0.420. The maximum absolute atomic E-state index is 5.76. The maximum Gasteiger partial charge on any atom is 0.0826 e. The maximum atomic E-state index is 5.76. The summed E-state index contributed by atoms with van der Waals surface area (Å²) in [6.07, 6.45) is 0.350. The zero-order valence-corrected chi connectivity index (χ0v) is 11.6. The summed E-state index contributed by atoms with van der Waals surface area (Å²) in [4.78, 5) is 2.45. The molecule has 0 radical (unpaired) electrons. The number of nitrogens with zero attached hydrogens (tertiary/aromatic N) is 1. The number of nitrogens with one attached hydrogen (secondary N) is 1. The average Bonchev–Trinajstić information content (AvgIpc) is 2.76. The van der Waals surface area contributed by atoms with Crippen LogP contribution in [-0.4, -0.2) is 43.8 Å². The number of morpholine rings is 1. The normalized spacial score (nSPS) is 21.9. The third-order valence-electron chi connectivity index (χ3n) is 3.32. The van der Waals surface area contributed by atoms with E-state index in [-0.39, 0.29) is 0 Å². The standard InChI is InChI=1S/C13H22N2OS/c1-3-15-4-5-16-13(8-15)7-14-6-12-10-17-9-11(12)2/h9-10,13-14H,3-8H2,1-2H3. The van der Waals surface area contributed by atoms with Gasteiger partial charge in [0.1, 0.15) is 0 Å². The Bertz CT molecular complexity index is 340. The molecule has 0 saturated carbocycles. The highest BCUT2D eigenvalue weighted by atomic mass is 32.1. The van der Waals surface area contributed by atoms with Gasteiger partial charge in [0.05, 0.1) is 12.7 Å². The molecule has 1 N–H and O–H groups in total. The molecule has 0 bridgehead atoms. The number of ether oxygens (including phenoxy) is 1. The van der Waals surface area contributed by atoms with Crippen LogP contribution in [-0.2, 0) is 11.3 Å². The second kappa shape index (κ2) is 6.50. The Morgan fingerprint density at radius 1 is 1.53 bits per heavy atom. The minimum absolute atomic E-state index is 0.350. The van der Waals surface area contributed by atoms with E-state index < -0.39 is 0 Å². The van der Waals surface area contributed by atoms with Gasteiger partial charge >= 0.3 is 0 Å². The quantitative estimate of drug-likeness (QED) is 0.868. The SMILES string of the molecule is CCN1CCOC(CNCc2cscc2C)C1. The lowest BCUT2D eigenvalue weighted by Crippen LogP contribution is -2.46. The molecule has 17 heavy (non-hydrogen) atoms. The van der Waals surface area contributed by atoms with Gasteiger partial charge in [-0.15, -0.1) is 0 Å². The van der Waals surface area contributed by atoms with Crippen LogP contribution < -0.4 is 5.32 Å². The van der Waals surface area contributed by atoms with E-state index in [2.05, 4.69) is 34.8 Å². The van der Waals surface area contributed by atoms with E-state index in [1.165, 1.54) is 11.1 Å². The molecule has 3 nitrogen and oxygen atoms in total. The van der Waals surface area contributed by atoms with Crippen molar-refractivity contribution in [1.29, 1.82) is 0 Å². The Balaban J connectivity index is 1.70. The molecule has 0 amide bonds. The molecule has 0 aromatic carbocycles. The van der Waals surface area contributed by atoms with Gasteiger partial charge in [0.25, 0.3) is 0 Å². The first-order chi connectivity index (χ1) is 8.29. The van der Waals surface area contributed by atoms with Crippen LogP contribution in [0.25, 0.3) is 0 Å². The van der Waals surface area contributed by atoms with Crippen molar-refractivity contribution in [2.45, 2.75) is 26.5 Å². The zero-order valence-electron chi connectivity index (χ0n) is 10.7. The number of hydrogen-bond acceptors (Lipinski definition) is 4. The predicted molar refractivity (Wildman–Crippen MR) is 72.6 cm³/mol. The molecule has 1 aliphatic rings. The average molecular weight is 254 g/mol. The van der Waals surface area contributed by atoms with E-state index in [0.717, 1.165) is 39.3 Å². The van der Waals surface area contributed by atoms with Crippen LogP contribution in [0.5, 0.6) is 0 Å². The monoisotopic (exact) mass is 254 g/mol. The molecule has 4 heteroatoms. The first-order valence-electron chi connectivity index (χ1n) is 6.36. The van der Waals surface area contributed by atoms with E-state index in [9.17, 15) is 0 Å². The summed E-state index contributed by atoms with van der Waals surface area (Å²) in [6.45, 7) is 10.4. The number of likely N-dealkylation sites (N-methyl/N-ethyl adjacent to an activating group) is 1. The molecule has 1 atom stereocenters. The molecule has 0 aliphatic carbocycles. The summed E-state index contributed by atoms with van der Waals surface area (Å²) < 4.78 is 5.76. The second-order valence-electron chi connectivity index (χ2n) is 4.60. The number of hydrogen-bond donors (Lipinski definition) is 1. The Morgan fingerprint density at radius 2 is 2.41 bits per heavy atom. The number of thiophene rings is 1. The summed E-state index contributed by atoms with van der Waals surface area (Å²) in [7, 11) is 0. The molecule has 1 aromatic heterocycles. The minimum Gasteiger partial charge on any atom is -0.374 e. The molecular weight excluding hydrogens is 232 g/mol. The van der Waals surface area contributed by atoms with Crippen LogP contribution in [0.4, 0.5) is 0 Å². The lowest BCUT2D eigenvalue weighted by molar-refractivity contribution is -0.0253. The third kappa shape index (κ3) is 3.78. The summed E-state index contributed by atoms with van der Waals surface area (Å²) in [5.41, 5.74) is 2.81. The fraction of sp³-hybridized carbons (Fsp3) is 0.692. The van der Waals surface area contributed by atoms with E-state index in [1.807, 2.05) is 0 Å². The second-order valence-corrected chi connectivity index (χ2v) is 5.34.